The molecule has 13 heavy (non-hydrogen) atoms. The summed E-state index contributed by atoms with van der Waals surface area (Å²) in [6, 6.07) is 0. The van der Waals surface area contributed by atoms with Crippen LogP contribution in [0.5, 0.6) is 0 Å². The third kappa shape index (κ3) is 24.5. The van der Waals surface area contributed by atoms with Gasteiger partial charge >= 0.3 is 0 Å². The summed E-state index contributed by atoms with van der Waals surface area (Å²) >= 11 is 17.0. The summed E-state index contributed by atoms with van der Waals surface area (Å²) in [5.41, 5.74) is 0. The number of hydrogen-bond acceptors (Lipinski definition) is 4. The first-order chi connectivity index (χ1) is 6.04. The average Bonchev–Trinajstić information content (AvgIpc) is 1.99. The number of aliphatic hydroxyl groups is 1. The minimum Gasteiger partial charge on any atom is -0.443 e. The van der Waals surface area contributed by atoms with Gasteiger partial charge in [0.15, 0.2) is 0 Å². The SMILES string of the molecule is N#CO.S=C(S)NCCNC(=S)S. The summed E-state index contributed by atoms with van der Waals surface area (Å²) in [5, 5.41) is 19.4. The van der Waals surface area contributed by atoms with Crippen LogP contribution in [0.4, 0.5) is 0 Å². The number of nitriles is 1. The summed E-state index contributed by atoms with van der Waals surface area (Å²) in [6.45, 7) is 1.42. The first-order valence-corrected chi connectivity index (χ1v) is 4.72. The molecule has 0 aliphatic heterocycles. The van der Waals surface area contributed by atoms with E-state index in [0.717, 1.165) is 6.26 Å². The molecular formula is C5H9N3OS4. The second kappa shape index (κ2) is 11.8. The summed E-state index contributed by atoms with van der Waals surface area (Å²) < 4.78 is 0.985. The predicted octanol–water partition coefficient (Wildman–Crippen LogP) is 0.435. The van der Waals surface area contributed by atoms with Crippen LogP contribution in [0.15, 0.2) is 0 Å². The Morgan fingerprint density at radius 1 is 1.23 bits per heavy atom. The summed E-state index contributed by atoms with van der Waals surface area (Å²) in [5.74, 6) is 0. The first-order valence-electron chi connectivity index (χ1n) is 3.01. The molecule has 0 aliphatic rings. The second-order valence-corrected chi connectivity index (χ2v) is 3.88. The van der Waals surface area contributed by atoms with Gasteiger partial charge < -0.3 is 15.7 Å². The van der Waals surface area contributed by atoms with Gasteiger partial charge in [0.25, 0.3) is 6.26 Å². The Morgan fingerprint density at radius 3 is 1.62 bits per heavy atom. The van der Waals surface area contributed by atoms with E-state index in [1.165, 1.54) is 0 Å². The smallest absolute Gasteiger partial charge is 0.283 e. The van der Waals surface area contributed by atoms with Crippen molar-refractivity contribution >= 4 is 58.3 Å². The third-order valence-corrected chi connectivity index (χ3v) is 1.28. The number of thiocarbonyl (C=S) groups is 2. The topological polar surface area (TPSA) is 68.1 Å². The van der Waals surface area contributed by atoms with Crippen molar-refractivity contribution in [1.29, 1.82) is 5.26 Å². The largest absolute Gasteiger partial charge is 0.443 e. The fraction of sp³-hybridized carbons (Fsp3) is 0.400. The molecule has 0 amide bonds. The van der Waals surface area contributed by atoms with Crippen molar-refractivity contribution in [2.45, 2.75) is 0 Å². The van der Waals surface area contributed by atoms with E-state index in [1.807, 2.05) is 0 Å². The molecule has 0 saturated heterocycles. The third-order valence-electron chi connectivity index (χ3n) is 0.677. The lowest BCUT2D eigenvalue weighted by atomic mass is 10.6. The van der Waals surface area contributed by atoms with Crippen molar-refractivity contribution in [3.8, 4) is 6.26 Å². The quantitative estimate of drug-likeness (QED) is 0.218. The fourth-order valence-electron chi connectivity index (χ4n) is 0.339. The van der Waals surface area contributed by atoms with Crippen molar-refractivity contribution in [3.05, 3.63) is 0 Å². The lowest BCUT2D eigenvalue weighted by Gasteiger charge is -2.03. The Bertz CT molecular complexity index is 186. The van der Waals surface area contributed by atoms with Gasteiger partial charge in [-0.2, -0.15) is 5.26 Å². The van der Waals surface area contributed by atoms with Crippen LogP contribution < -0.4 is 10.6 Å². The highest BCUT2D eigenvalue weighted by molar-refractivity contribution is 8.11. The van der Waals surface area contributed by atoms with Crippen LogP contribution >= 0.6 is 49.7 Å². The van der Waals surface area contributed by atoms with Crippen molar-refractivity contribution in [3.63, 3.8) is 0 Å². The standard InChI is InChI=1S/C4H8N2S4.CHNO/c7-3(8)5-1-2-6-4(9)10;2-1-3/h1-2H2,(H2,5,7,8)(H2,6,9,10);3H. The van der Waals surface area contributed by atoms with E-state index in [2.05, 4.69) is 60.3 Å². The van der Waals surface area contributed by atoms with Crippen LogP contribution in [0.1, 0.15) is 0 Å². The van der Waals surface area contributed by atoms with Crippen LogP contribution in [0, 0.1) is 11.5 Å². The maximum absolute atomic E-state index is 6.88. The molecule has 3 N–H and O–H groups in total. The zero-order valence-electron chi connectivity index (χ0n) is 6.52. The van der Waals surface area contributed by atoms with E-state index >= 15 is 0 Å². The predicted molar refractivity (Wildman–Crippen MR) is 66.7 cm³/mol. The van der Waals surface area contributed by atoms with Gasteiger partial charge in [-0.05, 0) is 0 Å². The molecule has 0 aromatic rings. The van der Waals surface area contributed by atoms with Crippen LogP contribution in [-0.4, -0.2) is 26.8 Å². The molecule has 0 heterocycles. The van der Waals surface area contributed by atoms with Gasteiger partial charge in [-0.1, -0.05) is 24.4 Å². The molecule has 0 spiro atoms. The van der Waals surface area contributed by atoms with Gasteiger partial charge in [0.2, 0.25) is 0 Å². The Kier molecular flexibility index (Phi) is 13.8. The molecule has 74 valence electrons. The molecule has 0 atom stereocenters. The maximum Gasteiger partial charge on any atom is 0.283 e. The minimum atomic E-state index is 0.492. The van der Waals surface area contributed by atoms with Crippen molar-refractivity contribution in [2.24, 2.45) is 0 Å². The molecule has 0 radical (unpaired) electrons. The molecule has 4 nitrogen and oxygen atoms in total. The van der Waals surface area contributed by atoms with Crippen molar-refractivity contribution < 1.29 is 5.11 Å². The van der Waals surface area contributed by atoms with E-state index in [-0.39, 0.29) is 0 Å². The number of nitrogens with zero attached hydrogens (tertiary/aromatic N) is 1. The van der Waals surface area contributed by atoms with E-state index in [4.69, 9.17) is 10.4 Å². The number of aliphatic hydroxyl groups excluding tert-OH is 1. The molecule has 8 heteroatoms. The molecule has 0 aliphatic carbocycles. The number of hydrogen-bond donors (Lipinski definition) is 5. The summed E-state index contributed by atoms with van der Waals surface area (Å²) in [7, 11) is 0. The zero-order valence-corrected chi connectivity index (χ0v) is 9.94. The van der Waals surface area contributed by atoms with Crippen LogP contribution in [0.25, 0.3) is 0 Å². The molecule has 0 fully saturated rings. The lowest BCUT2D eigenvalue weighted by Crippen LogP contribution is -2.29. The summed E-state index contributed by atoms with van der Waals surface area (Å²) in [6.07, 6.45) is 0.750. The molecule has 0 aromatic carbocycles. The van der Waals surface area contributed by atoms with Crippen molar-refractivity contribution in [2.75, 3.05) is 13.1 Å². The summed E-state index contributed by atoms with van der Waals surface area (Å²) in [4.78, 5) is 0. The van der Waals surface area contributed by atoms with Gasteiger partial charge in [0.05, 0.1) is 0 Å². The number of rotatable bonds is 3. The first kappa shape index (κ1) is 15.3. The molecule has 0 saturated carbocycles. The Morgan fingerprint density at radius 2 is 1.46 bits per heavy atom. The van der Waals surface area contributed by atoms with E-state index in [1.54, 1.807) is 0 Å². The van der Waals surface area contributed by atoms with Gasteiger partial charge in [-0.25, -0.2) is 0 Å². The van der Waals surface area contributed by atoms with Gasteiger partial charge in [0.1, 0.15) is 8.64 Å². The number of nitrogens with one attached hydrogen (secondary N) is 2. The maximum atomic E-state index is 6.88. The molecular weight excluding hydrogens is 246 g/mol. The van der Waals surface area contributed by atoms with Crippen LogP contribution in [0.3, 0.4) is 0 Å². The average molecular weight is 255 g/mol. The molecule has 0 rings (SSSR count). The fourth-order valence-corrected chi connectivity index (χ4v) is 0.767. The Labute approximate surface area is 98.5 Å². The van der Waals surface area contributed by atoms with Gasteiger partial charge in [0, 0.05) is 13.1 Å². The van der Waals surface area contributed by atoms with E-state index in [9.17, 15) is 0 Å². The highest BCUT2D eigenvalue weighted by Crippen LogP contribution is 1.77. The second-order valence-electron chi connectivity index (χ2n) is 1.56. The Balaban J connectivity index is 0. The normalized spacial score (nSPS) is 7.15. The van der Waals surface area contributed by atoms with Crippen molar-refractivity contribution in [1.82, 2.24) is 10.6 Å². The van der Waals surface area contributed by atoms with Crippen LogP contribution in [-0.2, 0) is 0 Å². The molecule has 0 aromatic heterocycles. The van der Waals surface area contributed by atoms with Gasteiger partial charge in [-0.15, -0.1) is 25.3 Å². The van der Waals surface area contributed by atoms with E-state index in [0.29, 0.717) is 21.7 Å². The minimum absolute atomic E-state index is 0.492. The highest BCUT2D eigenvalue weighted by Gasteiger charge is 1.87. The lowest BCUT2D eigenvalue weighted by molar-refractivity contribution is 0.503. The molecule has 0 unspecified atom stereocenters. The number of thiol groups is 2. The molecule has 0 bridgehead atoms. The van der Waals surface area contributed by atoms with Crippen LogP contribution in [0.2, 0.25) is 0 Å². The van der Waals surface area contributed by atoms with Gasteiger partial charge in [-0.3, -0.25) is 0 Å². The zero-order chi connectivity index (χ0) is 10.7. The van der Waals surface area contributed by atoms with E-state index < -0.39 is 0 Å². The monoisotopic (exact) mass is 255 g/mol. The highest BCUT2D eigenvalue weighted by atomic mass is 32.1. The Hall–Kier alpha value is -0.230.